The molecule has 4 aromatic carbocycles. The second kappa shape index (κ2) is 19.7. The molecule has 3 aliphatic rings. The molecule has 0 spiro atoms. The van der Waals surface area contributed by atoms with Gasteiger partial charge in [-0.25, -0.2) is 9.18 Å². The minimum Gasteiger partial charge on any atom is -0.493 e. The van der Waals surface area contributed by atoms with Crippen LogP contribution in [0.15, 0.2) is 66.7 Å². The summed E-state index contributed by atoms with van der Waals surface area (Å²) in [5, 5.41) is 10.0. The van der Waals surface area contributed by atoms with Crippen LogP contribution in [0.2, 0.25) is 5.02 Å². The molecule has 4 amide bonds. The molecule has 72 heavy (non-hydrogen) atoms. The van der Waals surface area contributed by atoms with Crippen LogP contribution in [0.25, 0.3) is 32.8 Å². The van der Waals surface area contributed by atoms with Gasteiger partial charge in [0.15, 0.2) is 5.60 Å². The summed E-state index contributed by atoms with van der Waals surface area (Å²) in [5.41, 5.74) is 4.34. The number of piperazine rings is 1. The van der Waals surface area contributed by atoms with Crippen molar-refractivity contribution in [1.82, 2.24) is 34.4 Å². The van der Waals surface area contributed by atoms with E-state index < -0.39 is 29.1 Å². The molecule has 2 saturated heterocycles. The number of aryl methyl sites for hydroxylation is 3. The van der Waals surface area contributed by atoms with Gasteiger partial charge in [-0.2, -0.15) is 5.10 Å². The number of amides is 4. The lowest BCUT2D eigenvalue weighted by Crippen LogP contribution is -2.56. The number of carbonyl (C=O) groups excluding carboxylic acids is 5. The average Bonchev–Trinajstić information content (AvgIpc) is 3.92. The van der Waals surface area contributed by atoms with E-state index in [0.717, 1.165) is 49.8 Å². The van der Waals surface area contributed by atoms with Gasteiger partial charge in [0.1, 0.15) is 34.7 Å². The first-order chi connectivity index (χ1) is 34.2. The standard InChI is InChI=1S/C55H61ClFN7O8/c1-32-46(33(2)60(8)59-32)47-41(56)20-19-38-37(14-11-29-70-43-15-9-12-34-30-35(57)17-18-36(34)43)49(52(68)72-54(3,4)5)63(48(38)47)28-25-61-23-26-62(27-24-61)53(69)55(6,7)71-44-16-10-13-39-40(44)31-64(51(39)67)42-21-22-45(65)58-50(42)66/h9-10,12-13,15-20,30,42H,11,14,21-29,31H2,1-8H3,(H,58,65,66). The van der Waals surface area contributed by atoms with Crippen LogP contribution in [0.4, 0.5) is 4.39 Å². The largest absolute Gasteiger partial charge is 0.493 e. The van der Waals surface area contributed by atoms with Gasteiger partial charge in [-0.3, -0.25) is 34.1 Å². The lowest BCUT2D eigenvalue weighted by Gasteiger charge is -2.38. The number of ether oxygens (including phenoxy) is 3. The third-order valence-electron chi connectivity index (χ3n) is 14.0. The first kappa shape index (κ1) is 50.2. The number of fused-ring (bicyclic) bond motifs is 3. The molecule has 0 bridgehead atoms. The van der Waals surface area contributed by atoms with Crippen LogP contribution in [0.1, 0.15) is 97.2 Å². The Morgan fingerprint density at radius 2 is 1.61 bits per heavy atom. The maximum Gasteiger partial charge on any atom is 0.355 e. The molecule has 2 aromatic heterocycles. The molecule has 1 N–H and O–H groups in total. The van der Waals surface area contributed by atoms with Gasteiger partial charge in [0.2, 0.25) is 11.8 Å². The molecule has 9 rings (SSSR count). The van der Waals surface area contributed by atoms with Gasteiger partial charge in [0.05, 0.1) is 29.4 Å². The number of halogens is 2. The molecule has 1 atom stereocenters. The third-order valence-corrected chi connectivity index (χ3v) is 14.3. The van der Waals surface area contributed by atoms with E-state index in [0.29, 0.717) is 92.1 Å². The second-order valence-electron chi connectivity index (χ2n) is 20.5. The van der Waals surface area contributed by atoms with Crippen molar-refractivity contribution in [3.8, 4) is 22.6 Å². The maximum absolute atomic E-state index is 14.7. The first-order valence-corrected chi connectivity index (χ1v) is 24.9. The van der Waals surface area contributed by atoms with E-state index in [1.54, 1.807) is 43.0 Å². The number of hydrogen-bond acceptors (Lipinski definition) is 10. The van der Waals surface area contributed by atoms with Crippen molar-refractivity contribution in [2.45, 2.75) is 104 Å². The summed E-state index contributed by atoms with van der Waals surface area (Å²) in [6.45, 7) is 16.3. The SMILES string of the molecule is Cc1nn(C)c(C)c1-c1c(Cl)ccc2c(CCCOc3cccc4cc(F)ccc34)c(C(=O)OC(C)(C)C)n(CCN3CCN(C(=O)C(C)(C)Oc4cccc5c4CN(C4CCC(=O)NC4=O)C5=O)CC3)c12. The lowest BCUT2D eigenvalue weighted by atomic mass is 9.98. The van der Waals surface area contributed by atoms with Gasteiger partial charge < -0.3 is 28.6 Å². The number of nitrogens with zero attached hydrogens (tertiary/aromatic N) is 6. The molecule has 6 aromatic rings. The van der Waals surface area contributed by atoms with Gasteiger partial charge in [0, 0.05) is 91.5 Å². The normalized spacial score (nSPS) is 16.7. The summed E-state index contributed by atoms with van der Waals surface area (Å²) in [5.74, 6) is -1.13. The minimum absolute atomic E-state index is 0.118. The summed E-state index contributed by atoms with van der Waals surface area (Å²) in [6, 6.07) is 18.4. The zero-order chi connectivity index (χ0) is 51.4. The molecule has 378 valence electrons. The van der Waals surface area contributed by atoms with Crippen LogP contribution in [-0.2, 0) is 45.7 Å². The van der Waals surface area contributed by atoms with Crippen molar-refractivity contribution in [3.63, 3.8) is 0 Å². The highest BCUT2D eigenvalue weighted by Crippen LogP contribution is 2.43. The molecular weight excluding hydrogens is 941 g/mol. The number of piperidine rings is 1. The molecule has 0 aliphatic carbocycles. The van der Waals surface area contributed by atoms with Gasteiger partial charge in [-0.1, -0.05) is 35.9 Å². The van der Waals surface area contributed by atoms with Gasteiger partial charge in [-0.05, 0) is 121 Å². The molecule has 5 heterocycles. The highest BCUT2D eigenvalue weighted by atomic mass is 35.5. The van der Waals surface area contributed by atoms with E-state index in [1.165, 1.54) is 17.0 Å². The fraction of sp³-hybridized carbons (Fsp3) is 0.418. The highest BCUT2D eigenvalue weighted by molar-refractivity contribution is 6.35. The van der Waals surface area contributed by atoms with Crippen LogP contribution < -0.4 is 14.8 Å². The number of rotatable bonds is 14. The van der Waals surface area contributed by atoms with Gasteiger partial charge >= 0.3 is 5.97 Å². The van der Waals surface area contributed by atoms with Gasteiger partial charge in [0.25, 0.3) is 11.8 Å². The summed E-state index contributed by atoms with van der Waals surface area (Å²) in [4.78, 5) is 72.6. The second-order valence-corrected chi connectivity index (χ2v) is 20.9. The Kier molecular flexibility index (Phi) is 13.7. The molecule has 3 aliphatic heterocycles. The molecule has 17 heteroatoms. The average molecular weight is 1000 g/mol. The molecule has 0 radical (unpaired) electrons. The Balaban J connectivity index is 0.956. The third kappa shape index (κ3) is 9.78. The lowest BCUT2D eigenvalue weighted by molar-refractivity contribution is -0.147. The smallest absolute Gasteiger partial charge is 0.355 e. The number of imide groups is 1. The van der Waals surface area contributed by atoms with Crippen LogP contribution in [0.5, 0.6) is 11.5 Å². The predicted octanol–water partition coefficient (Wildman–Crippen LogP) is 8.33. The molecular formula is C55H61ClFN7O8. The van der Waals surface area contributed by atoms with Crippen LogP contribution in [-0.4, -0.2) is 115 Å². The van der Waals surface area contributed by atoms with Crippen LogP contribution in [0.3, 0.4) is 0 Å². The predicted molar refractivity (Wildman–Crippen MR) is 272 cm³/mol. The number of carbonyl (C=O) groups is 5. The van der Waals surface area contributed by atoms with Gasteiger partial charge in [-0.15, -0.1) is 0 Å². The Labute approximate surface area is 423 Å². The summed E-state index contributed by atoms with van der Waals surface area (Å²) in [7, 11) is 1.90. The fourth-order valence-electron chi connectivity index (χ4n) is 10.5. The minimum atomic E-state index is -1.30. The summed E-state index contributed by atoms with van der Waals surface area (Å²) < 4.78 is 36.9. The number of nitrogens with one attached hydrogen (secondary N) is 1. The summed E-state index contributed by atoms with van der Waals surface area (Å²) >= 11 is 7.22. The molecule has 2 fully saturated rings. The Morgan fingerprint density at radius 1 is 0.889 bits per heavy atom. The van der Waals surface area contributed by atoms with Crippen molar-refractivity contribution in [2.75, 3.05) is 39.3 Å². The summed E-state index contributed by atoms with van der Waals surface area (Å²) in [6.07, 6.45) is 1.41. The number of esters is 1. The van der Waals surface area contributed by atoms with Crippen molar-refractivity contribution < 1.29 is 42.6 Å². The van der Waals surface area contributed by atoms with E-state index in [2.05, 4.69) is 14.8 Å². The maximum atomic E-state index is 14.7. The van der Waals surface area contributed by atoms with Crippen molar-refractivity contribution >= 4 is 62.9 Å². The van der Waals surface area contributed by atoms with Crippen LogP contribution in [0, 0.1) is 19.7 Å². The van der Waals surface area contributed by atoms with Crippen molar-refractivity contribution in [1.29, 1.82) is 0 Å². The molecule has 15 nitrogen and oxygen atoms in total. The zero-order valence-corrected chi connectivity index (χ0v) is 42.9. The quantitative estimate of drug-likeness (QED) is 0.0639. The fourth-order valence-corrected chi connectivity index (χ4v) is 10.7. The Bertz CT molecular complexity index is 3160. The Hall–Kier alpha value is -6.78. The topological polar surface area (TPSA) is 158 Å². The number of aromatic nitrogens is 3. The van der Waals surface area contributed by atoms with E-state index in [4.69, 9.17) is 30.9 Å². The highest BCUT2D eigenvalue weighted by Gasteiger charge is 2.42. The van der Waals surface area contributed by atoms with Crippen LogP contribution >= 0.6 is 11.6 Å². The first-order valence-electron chi connectivity index (χ1n) is 24.6. The Morgan fingerprint density at radius 3 is 2.32 bits per heavy atom. The van der Waals surface area contributed by atoms with E-state index in [9.17, 15) is 28.4 Å². The monoisotopic (exact) mass is 1000 g/mol. The molecule has 1 unspecified atom stereocenters. The number of benzene rings is 4. The van der Waals surface area contributed by atoms with Crippen molar-refractivity contribution in [2.24, 2.45) is 7.05 Å². The van der Waals surface area contributed by atoms with E-state index >= 15 is 0 Å². The van der Waals surface area contributed by atoms with Crippen molar-refractivity contribution in [3.05, 3.63) is 111 Å². The van der Waals surface area contributed by atoms with E-state index in [1.807, 2.05) is 76.7 Å². The molecule has 0 saturated carbocycles. The van der Waals surface area contributed by atoms with E-state index in [-0.39, 0.29) is 42.9 Å². The number of hydrogen-bond donors (Lipinski definition) is 1. The zero-order valence-electron chi connectivity index (χ0n) is 42.1.